The number of carbonyl (C=O) groups is 2. The normalized spacial score (nSPS) is 10.7. The van der Waals surface area contributed by atoms with Crippen molar-refractivity contribution in [3.8, 4) is 17.2 Å². The van der Waals surface area contributed by atoms with Crippen molar-refractivity contribution in [2.24, 2.45) is 5.10 Å². The number of hydrogen-bond acceptors (Lipinski definition) is 10. The van der Waals surface area contributed by atoms with E-state index < -0.39 is 11.8 Å². The van der Waals surface area contributed by atoms with E-state index >= 15 is 0 Å². The van der Waals surface area contributed by atoms with Gasteiger partial charge in [0.05, 0.1) is 33.2 Å². The zero-order chi connectivity index (χ0) is 24.5. The Bertz CT molecular complexity index is 1200. The molecule has 0 atom stereocenters. The number of thioether (sulfide) groups is 1. The maximum atomic E-state index is 12.3. The van der Waals surface area contributed by atoms with E-state index in [-0.39, 0.29) is 0 Å². The van der Waals surface area contributed by atoms with Crippen LogP contribution in [-0.2, 0) is 15.3 Å². The molecule has 3 rings (SSSR count). The van der Waals surface area contributed by atoms with E-state index in [1.807, 2.05) is 19.1 Å². The first-order valence-electron chi connectivity index (χ1n) is 9.89. The lowest BCUT2D eigenvalue weighted by molar-refractivity contribution is -0.136. The molecule has 2 aromatic carbocycles. The van der Waals surface area contributed by atoms with Crippen LogP contribution in [0.2, 0.25) is 0 Å². The van der Waals surface area contributed by atoms with Crippen LogP contribution in [0.3, 0.4) is 0 Å². The van der Waals surface area contributed by atoms with Gasteiger partial charge in [0.15, 0.2) is 4.34 Å². The molecule has 1 aromatic heterocycles. The number of carbonyl (C=O) groups excluding carboxylic acids is 2. The predicted molar refractivity (Wildman–Crippen MR) is 131 cm³/mol. The number of hydrogen-bond donors (Lipinski definition) is 2. The summed E-state index contributed by atoms with van der Waals surface area (Å²) in [7, 11) is 4.55. The molecule has 12 heteroatoms. The minimum Gasteiger partial charge on any atom is -0.497 e. The third-order valence-corrected chi connectivity index (χ3v) is 6.42. The molecular weight excluding hydrogens is 478 g/mol. The van der Waals surface area contributed by atoms with E-state index in [2.05, 4.69) is 26.0 Å². The number of rotatable bonds is 9. The number of anilines is 1. The summed E-state index contributed by atoms with van der Waals surface area (Å²) in [5.74, 6) is 0.403. The largest absolute Gasteiger partial charge is 0.497 e. The number of nitrogens with zero attached hydrogens (tertiary/aromatic N) is 3. The molecule has 0 radical (unpaired) electrons. The zero-order valence-corrected chi connectivity index (χ0v) is 20.6. The predicted octanol–water partition coefficient (Wildman–Crippen LogP) is 3.25. The van der Waals surface area contributed by atoms with Gasteiger partial charge in [0, 0.05) is 17.4 Å². The Kier molecular flexibility index (Phi) is 8.82. The third-order valence-electron chi connectivity index (χ3n) is 4.40. The van der Waals surface area contributed by atoms with Crippen LogP contribution < -0.4 is 25.0 Å². The number of aryl methyl sites for hydroxylation is 1. The summed E-state index contributed by atoms with van der Waals surface area (Å²) in [5.41, 5.74) is 4.17. The fraction of sp³-hybridized carbons (Fsp3) is 0.227. The summed E-state index contributed by atoms with van der Waals surface area (Å²) in [5, 5.41) is 15.4. The van der Waals surface area contributed by atoms with E-state index in [1.165, 1.54) is 31.8 Å². The third kappa shape index (κ3) is 6.68. The second-order valence-electron chi connectivity index (χ2n) is 6.67. The number of methoxy groups -OCH3 is 3. The monoisotopic (exact) mass is 501 g/mol. The maximum Gasteiger partial charge on any atom is 0.329 e. The molecule has 10 nitrogen and oxygen atoms in total. The number of hydrazone groups is 1. The van der Waals surface area contributed by atoms with Gasteiger partial charge in [0.1, 0.15) is 22.3 Å². The highest BCUT2D eigenvalue weighted by Crippen LogP contribution is 2.30. The van der Waals surface area contributed by atoms with Gasteiger partial charge in [-0.05, 0) is 42.8 Å². The molecule has 3 aromatic rings. The minimum atomic E-state index is -0.933. The van der Waals surface area contributed by atoms with Crippen molar-refractivity contribution in [1.29, 1.82) is 0 Å². The van der Waals surface area contributed by atoms with Crippen molar-refractivity contribution in [1.82, 2.24) is 15.6 Å². The highest BCUT2D eigenvalue weighted by molar-refractivity contribution is 8.00. The van der Waals surface area contributed by atoms with Crippen molar-refractivity contribution >= 4 is 46.8 Å². The van der Waals surface area contributed by atoms with Gasteiger partial charge in [-0.15, -0.1) is 10.2 Å². The van der Waals surface area contributed by atoms with Crippen molar-refractivity contribution in [2.45, 2.75) is 17.0 Å². The van der Waals surface area contributed by atoms with Crippen LogP contribution in [0.5, 0.6) is 17.2 Å². The molecule has 0 aliphatic rings. The molecule has 0 bridgehead atoms. The zero-order valence-electron chi connectivity index (χ0n) is 18.9. The van der Waals surface area contributed by atoms with Crippen LogP contribution in [0.1, 0.15) is 16.1 Å². The van der Waals surface area contributed by atoms with Crippen LogP contribution in [0, 0.1) is 6.92 Å². The highest BCUT2D eigenvalue weighted by atomic mass is 32.2. The molecule has 0 saturated carbocycles. The Morgan fingerprint density at radius 3 is 2.47 bits per heavy atom. The van der Waals surface area contributed by atoms with Crippen LogP contribution >= 0.6 is 23.1 Å². The summed E-state index contributed by atoms with van der Waals surface area (Å²) in [6.45, 7) is 1.90. The lowest BCUT2D eigenvalue weighted by Crippen LogP contribution is -2.32. The van der Waals surface area contributed by atoms with Gasteiger partial charge in [-0.2, -0.15) is 5.10 Å². The van der Waals surface area contributed by atoms with Crippen LogP contribution in [-0.4, -0.2) is 49.6 Å². The molecule has 178 valence electrons. The lowest BCUT2D eigenvalue weighted by atomic mass is 10.1. The van der Waals surface area contributed by atoms with Crippen molar-refractivity contribution in [3.63, 3.8) is 0 Å². The first-order chi connectivity index (χ1) is 16.4. The van der Waals surface area contributed by atoms with E-state index in [9.17, 15) is 9.59 Å². The van der Waals surface area contributed by atoms with Gasteiger partial charge in [-0.1, -0.05) is 23.1 Å². The summed E-state index contributed by atoms with van der Waals surface area (Å²) in [6, 6.07) is 10.3. The van der Waals surface area contributed by atoms with Gasteiger partial charge in [-0.25, -0.2) is 5.43 Å². The Morgan fingerprint density at radius 2 is 1.79 bits per heavy atom. The maximum absolute atomic E-state index is 12.3. The topological polar surface area (TPSA) is 124 Å². The van der Waals surface area contributed by atoms with E-state index in [0.29, 0.717) is 22.9 Å². The molecular formula is C22H23N5O5S2. The lowest BCUT2D eigenvalue weighted by Gasteiger charge is -2.11. The number of amides is 2. The fourth-order valence-electron chi connectivity index (χ4n) is 2.77. The molecule has 0 spiro atoms. The Balaban J connectivity index is 1.61. The van der Waals surface area contributed by atoms with Gasteiger partial charge in [0.2, 0.25) is 0 Å². The van der Waals surface area contributed by atoms with Crippen molar-refractivity contribution in [2.75, 3.05) is 26.6 Å². The smallest absolute Gasteiger partial charge is 0.329 e. The highest BCUT2D eigenvalue weighted by Gasteiger charge is 2.16. The van der Waals surface area contributed by atoms with Gasteiger partial charge >= 0.3 is 11.8 Å². The summed E-state index contributed by atoms with van der Waals surface area (Å²) < 4.78 is 16.6. The molecule has 0 unspecified atom stereocenters. The molecule has 0 aliphatic heterocycles. The van der Waals surface area contributed by atoms with Gasteiger partial charge in [-0.3, -0.25) is 9.59 Å². The molecule has 2 N–H and O–H groups in total. The second kappa shape index (κ2) is 12.0. The van der Waals surface area contributed by atoms with Crippen molar-refractivity contribution in [3.05, 3.63) is 52.5 Å². The molecule has 34 heavy (non-hydrogen) atoms. The first-order valence-corrected chi connectivity index (χ1v) is 11.7. The van der Waals surface area contributed by atoms with Crippen LogP contribution in [0.25, 0.3) is 0 Å². The minimum absolute atomic E-state index is 0.300. The Morgan fingerprint density at radius 1 is 1.03 bits per heavy atom. The molecule has 2 amide bonds. The van der Waals surface area contributed by atoms with E-state index in [4.69, 9.17) is 14.2 Å². The summed E-state index contributed by atoms with van der Waals surface area (Å²) >= 11 is 3.07. The molecule has 0 aliphatic carbocycles. The summed E-state index contributed by atoms with van der Waals surface area (Å²) in [4.78, 5) is 24.4. The Labute approximate surface area is 204 Å². The number of nitrogens with one attached hydrogen (secondary N) is 2. The average Bonchev–Trinajstić information content (AvgIpc) is 3.27. The molecule has 0 saturated heterocycles. The fourth-order valence-corrected chi connectivity index (χ4v) is 4.57. The molecule has 1 heterocycles. The van der Waals surface area contributed by atoms with Gasteiger partial charge < -0.3 is 19.5 Å². The van der Waals surface area contributed by atoms with Crippen LogP contribution in [0.4, 0.5) is 5.69 Å². The van der Waals surface area contributed by atoms with Gasteiger partial charge in [0.25, 0.3) is 0 Å². The first kappa shape index (κ1) is 25.0. The molecule has 0 fully saturated rings. The quantitative estimate of drug-likeness (QED) is 0.198. The SMILES string of the molecule is COc1ccc(OC)c(NC(=O)C(=O)N/N=C/c2ccc(OC)c(CSc3nnc(C)s3)c2)c1. The standard InChI is InChI=1S/C22H23N5O5S2/c1-13-25-27-22(34-13)33-12-15-9-14(5-7-18(15)31-3)11-23-26-21(29)20(28)24-17-10-16(30-2)6-8-19(17)32-4/h5-11H,12H2,1-4H3,(H,24,28)(H,26,29)/b23-11+. The second-order valence-corrected chi connectivity index (χ2v) is 9.07. The number of aromatic nitrogens is 2. The van der Waals surface area contributed by atoms with Crippen LogP contribution in [0.15, 0.2) is 45.8 Å². The Hall–Kier alpha value is -3.64. The average molecular weight is 502 g/mol. The number of ether oxygens (including phenoxy) is 3. The number of benzene rings is 2. The summed E-state index contributed by atoms with van der Waals surface area (Å²) in [6.07, 6.45) is 1.44. The van der Waals surface area contributed by atoms with E-state index in [0.717, 1.165) is 26.2 Å². The van der Waals surface area contributed by atoms with E-state index in [1.54, 1.807) is 43.1 Å². The van der Waals surface area contributed by atoms with Crippen molar-refractivity contribution < 1.29 is 23.8 Å².